The third-order valence-corrected chi connectivity index (χ3v) is 6.41. The third kappa shape index (κ3) is 4.29. The first-order chi connectivity index (χ1) is 11.4. The molecular formula is C18H22INO3S. The van der Waals surface area contributed by atoms with Gasteiger partial charge in [-0.05, 0) is 77.4 Å². The van der Waals surface area contributed by atoms with Crippen molar-refractivity contribution in [3.8, 4) is 11.1 Å². The second-order valence-electron chi connectivity index (χ2n) is 5.35. The fourth-order valence-corrected chi connectivity index (χ4v) is 4.12. The summed E-state index contributed by atoms with van der Waals surface area (Å²) in [5.74, 6) is 0.0827. The molecule has 0 aliphatic carbocycles. The van der Waals surface area contributed by atoms with Crippen molar-refractivity contribution in [3.05, 3.63) is 51.6 Å². The number of anilines is 1. The van der Waals surface area contributed by atoms with E-state index in [1.165, 1.54) is 7.88 Å². The van der Waals surface area contributed by atoms with Crippen LogP contribution in [0.5, 0.6) is 0 Å². The third-order valence-electron chi connectivity index (χ3n) is 3.82. The van der Waals surface area contributed by atoms with E-state index in [0.717, 1.165) is 16.7 Å². The molecule has 2 rings (SSSR count). The minimum atomic E-state index is -3.29. The number of methoxy groups -OCH3 is 1. The molecular weight excluding hydrogens is 437 g/mol. The van der Waals surface area contributed by atoms with Crippen LogP contribution in [0.2, 0.25) is 0 Å². The minimum absolute atomic E-state index is 0.0827. The normalized spacial score (nSPS) is 11.5. The Labute approximate surface area is 158 Å². The Hall–Kier alpha value is -1.12. The standard InChI is InChI=1S/C18H22INO3S/c1-4-20(24(21,22)5-2)17-10-11-18(15(12-17)13-23-3)14-6-8-16(19)9-7-14/h6-12H,4-5,13H2,1-3H3. The molecule has 0 radical (unpaired) electrons. The van der Waals surface area contributed by atoms with E-state index in [-0.39, 0.29) is 5.75 Å². The van der Waals surface area contributed by atoms with E-state index in [1.54, 1.807) is 14.0 Å². The highest BCUT2D eigenvalue weighted by atomic mass is 127. The fraction of sp³-hybridized carbons (Fsp3) is 0.333. The Kier molecular flexibility index (Phi) is 6.65. The SMILES string of the molecule is CCN(c1ccc(-c2ccc(I)cc2)c(COC)c1)S(=O)(=O)CC. The average Bonchev–Trinajstić information content (AvgIpc) is 2.57. The molecule has 0 saturated carbocycles. The molecule has 0 aliphatic rings. The lowest BCUT2D eigenvalue weighted by Crippen LogP contribution is -2.32. The summed E-state index contributed by atoms with van der Waals surface area (Å²) in [6, 6.07) is 14.0. The summed E-state index contributed by atoms with van der Waals surface area (Å²) in [5, 5.41) is 0. The summed E-state index contributed by atoms with van der Waals surface area (Å²) in [6.45, 7) is 4.34. The molecule has 2 aromatic rings. The van der Waals surface area contributed by atoms with Gasteiger partial charge in [0.25, 0.3) is 0 Å². The summed E-state index contributed by atoms with van der Waals surface area (Å²) in [5.41, 5.74) is 3.80. The van der Waals surface area contributed by atoms with E-state index in [0.29, 0.717) is 18.8 Å². The quantitative estimate of drug-likeness (QED) is 0.581. The zero-order valence-corrected chi connectivity index (χ0v) is 17.1. The van der Waals surface area contributed by atoms with E-state index < -0.39 is 10.0 Å². The highest BCUT2D eigenvalue weighted by Crippen LogP contribution is 2.30. The van der Waals surface area contributed by atoms with E-state index in [2.05, 4.69) is 46.9 Å². The lowest BCUT2D eigenvalue weighted by atomic mass is 9.99. The van der Waals surface area contributed by atoms with Crippen LogP contribution in [0.25, 0.3) is 11.1 Å². The van der Waals surface area contributed by atoms with E-state index in [9.17, 15) is 8.42 Å². The van der Waals surface area contributed by atoms with Crippen LogP contribution >= 0.6 is 22.6 Å². The first-order valence-electron chi connectivity index (χ1n) is 7.81. The van der Waals surface area contributed by atoms with Crippen LogP contribution in [-0.2, 0) is 21.4 Å². The summed E-state index contributed by atoms with van der Waals surface area (Å²) >= 11 is 2.27. The van der Waals surface area contributed by atoms with Gasteiger partial charge in [0.1, 0.15) is 0 Å². The molecule has 2 aromatic carbocycles. The van der Waals surface area contributed by atoms with Crippen molar-refractivity contribution in [2.24, 2.45) is 0 Å². The molecule has 0 amide bonds. The zero-order chi connectivity index (χ0) is 17.7. The van der Waals surface area contributed by atoms with Crippen molar-refractivity contribution in [1.29, 1.82) is 0 Å². The highest BCUT2D eigenvalue weighted by Gasteiger charge is 2.20. The van der Waals surface area contributed by atoms with Crippen LogP contribution < -0.4 is 4.31 Å². The van der Waals surface area contributed by atoms with Gasteiger partial charge in [-0.15, -0.1) is 0 Å². The van der Waals surface area contributed by atoms with Crippen LogP contribution in [0, 0.1) is 3.57 Å². The van der Waals surface area contributed by atoms with Crippen molar-refractivity contribution in [2.75, 3.05) is 23.7 Å². The van der Waals surface area contributed by atoms with Crippen LogP contribution in [0.4, 0.5) is 5.69 Å². The van der Waals surface area contributed by atoms with Gasteiger partial charge in [-0.3, -0.25) is 4.31 Å². The molecule has 0 spiro atoms. The number of hydrogen-bond donors (Lipinski definition) is 0. The van der Waals surface area contributed by atoms with Gasteiger partial charge in [0.2, 0.25) is 10.0 Å². The number of hydrogen-bond acceptors (Lipinski definition) is 3. The predicted octanol–water partition coefficient (Wildman–Crippen LogP) is 4.28. The number of nitrogens with zero attached hydrogens (tertiary/aromatic N) is 1. The Morgan fingerprint density at radius 2 is 1.75 bits per heavy atom. The largest absolute Gasteiger partial charge is 0.380 e. The highest BCUT2D eigenvalue weighted by molar-refractivity contribution is 14.1. The Morgan fingerprint density at radius 1 is 1.08 bits per heavy atom. The van der Waals surface area contributed by atoms with Crippen molar-refractivity contribution in [3.63, 3.8) is 0 Å². The topological polar surface area (TPSA) is 46.6 Å². The lowest BCUT2D eigenvalue weighted by molar-refractivity contribution is 0.185. The number of halogens is 1. The van der Waals surface area contributed by atoms with E-state index in [4.69, 9.17) is 4.74 Å². The molecule has 0 aromatic heterocycles. The smallest absolute Gasteiger partial charge is 0.234 e. The molecule has 0 bridgehead atoms. The molecule has 0 N–H and O–H groups in total. The second kappa shape index (κ2) is 8.31. The summed E-state index contributed by atoms with van der Waals surface area (Å²) in [4.78, 5) is 0. The molecule has 0 unspecified atom stereocenters. The molecule has 6 heteroatoms. The van der Waals surface area contributed by atoms with E-state index in [1.807, 2.05) is 25.1 Å². The molecule has 0 atom stereocenters. The van der Waals surface area contributed by atoms with Gasteiger partial charge in [-0.25, -0.2) is 8.42 Å². The summed E-state index contributed by atoms with van der Waals surface area (Å²) < 4.78 is 32.5. The lowest BCUT2D eigenvalue weighted by Gasteiger charge is -2.23. The van der Waals surface area contributed by atoms with Crippen molar-refractivity contribution >= 4 is 38.3 Å². The van der Waals surface area contributed by atoms with Gasteiger partial charge in [0.15, 0.2) is 0 Å². The molecule has 4 nitrogen and oxygen atoms in total. The van der Waals surface area contributed by atoms with Crippen LogP contribution in [-0.4, -0.2) is 27.8 Å². The van der Waals surface area contributed by atoms with Gasteiger partial charge >= 0.3 is 0 Å². The molecule has 0 heterocycles. The first kappa shape index (κ1) is 19.2. The minimum Gasteiger partial charge on any atom is -0.380 e. The summed E-state index contributed by atoms with van der Waals surface area (Å²) in [6.07, 6.45) is 0. The molecule has 0 fully saturated rings. The van der Waals surface area contributed by atoms with Crippen LogP contribution in [0.15, 0.2) is 42.5 Å². The molecule has 24 heavy (non-hydrogen) atoms. The maximum Gasteiger partial charge on any atom is 0.234 e. The number of rotatable bonds is 7. The van der Waals surface area contributed by atoms with Gasteiger partial charge in [0.05, 0.1) is 18.0 Å². The van der Waals surface area contributed by atoms with E-state index >= 15 is 0 Å². The summed E-state index contributed by atoms with van der Waals surface area (Å²) in [7, 11) is -1.64. The average molecular weight is 459 g/mol. The number of sulfonamides is 1. The zero-order valence-electron chi connectivity index (χ0n) is 14.1. The van der Waals surface area contributed by atoms with Crippen LogP contribution in [0.1, 0.15) is 19.4 Å². The molecule has 0 saturated heterocycles. The monoisotopic (exact) mass is 459 g/mol. The van der Waals surface area contributed by atoms with Gasteiger partial charge in [-0.2, -0.15) is 0 Å². The maximum atomic E-state index is 12.3. The van der Waals surface area contributed by atoms with Crippen molar-refractivity contribution in [2.45, 2.75) is 20.5 Å². The second-order valence-corrected chi connectivity index (χ2v) is 8.77. The fourth-order valence-electron chi connectivity index (χ4n) is 2.62. The first-order valence-corrected chi connectivity index (χ1v) is 10.5. The van der Waals surface area contributed by atoms with Crippen molar-refractivity contribution < 1.29 is 13.2 Å². The van der Waals surface area contributed by atoms with Gasteiger partial charge in [-0.1, -0.05) is 18.2 Å². The number of ether oxygens (including phenoxy) is 1. The van der Waals surface area contributed by atoms with Crippen LogP contribution in [0.3, 0.4) is 0 Å². The Morgan fingerprint density at radius 3 is 2.29 bits per heavy atom. The Balaban J connectivity index is 2.51. The molecule has 130 valence electrons. The maximum absolute atomic E-state index is 12.3. The molecule has 0 aliphatic heterocycles. The van der Waals surface area contributed by atoms with Gasteiger partial charge < -0.3 is 4.74 Å². The van der Waals surface area contributed by atoms with Crippen molar-refractivity contribution in [1.82, 2.24) is 0 Å². The van der Waals surface area contributed by atoms with Gasteiger partial charge in [0, 0.05) is 17.2 Å². The Bertz CT molecular complexity index is 788. The predicted molar refractivity (Wildman–Crippen MR) is 108 cm³/mol. The number of benzene rings is 2.